The number of rotatable bonds is 0. The molecule has 0 heterocycles. The molecule has 0 aliphatic heterocycles. The molecule has 4 unspecified atom stereocenters. The van der Waals surface area contributed by atoms with Gasteiger partial charge in [-0.05, 0) is 53.8 Å². The van der Waals surface area contributed by atoms with Crippen molar-refractivity contribution in [2.45, 2.75) is 39.5 Å². The van der Waals surface area contributed by atoms with Crippen LogP contribution in [0.1, 0.15) is 39.5 Å². The summed E-state index contributed by atoms with van der Waals surface area (Å²) in [5, 5.41) is 0. The van der Waals surface area contributed by atoms with Gasteiger partial charge in [-0.3, -0.25) is 0 Å². The molecular weight excluding hydrogens is 132 g/mol. The highest BCUT2D eigenvalue weighted by molar-refractivity contribution is 5.44. The van der Waals surface area contributed by atoms with Crippen LogP contribution >= 0.6 is 0 Å². The third-order valence-electron chi connectivity index (χ3n) is 5.80. The van der Waals surface area contributed by atoms with E-state index in [0.29, 0.717) is 0 Å². The minimum absolute atomic E-state index is 0.942. The van der Waals surface area contributed by atoms with Crippen LogP contribution in [-0.4, -0.2) is 0 Å². The van der Waals surface area contributed by atoms with Gasteiger partial charge in [-0.25, -0.2) is 0 Å². The lowest BCUT2D eigenvalue weighted by Crippen LogP contribution is -1.86. The summed E-state index contributed by atoms with van der Waals surface area (Å²) in [6.45, 7) is 4.93. The number of fused-ring (bicyclic) bond motifs is 2. The Labute approximate surface area is 68.4 Å². The summed E-state index contributed by atoms with van der Waals surface area (Å²) in [4.78, 5) is 0. The van der Waals surface area contributed by atoms with Crippen LogP contribution in [0.2, 0.25) is 0 Å². The zero-order chi connectivity index (χ0) is 7.48. The molecule has 0 radical (unpaired) electrons. The largest absolute Gasteiger partial charge is 0.0619 e. The van der Waals surface area contributed by atoms with E-state index in [1.807, 2.05) is 0 Å². The average molecular weight is 148 g/mol. The van der Waals surface area contributed by atoms with Gasteiger partial charge in [0, 0.05) is 0 Å². The van der Waals surface area contributed by atoms with E-state index in [9.17, 15) is 0 Å². The van der Waals surface area contributed by atoms with Crippen LogP contribution in [-0.2, 0) is 0 Å². The smallest absolute Gasteiger partial charge is 0.0168 e. The van der Waals surface area contributed by atoms with Gasteiger partial charge in [0.1, 0.15) is 0 Å². The minimum Gasteiger partial charge on any atom is -0.0619 e. The maximum Gasteiger partial charge on any atom is -0.0168 e. The second kappa shape index (κ2) is 1.03. The lowest BCUT2D eigenvalue weighted by atomic mass is 10.1. The Kier molecular flexibility index (Phi) is 0.527. The van der Waals surface area contributed by atoms with Crippen LogP contribution in [0.3, 0.4) is 0 Å². The standard InChI is InChI=1S/C11H16/c1-7-3-9(7)5-11(9)6-10(11)4-8(10)2/h7-8H,3-6H2,1-2H3. The summed E-state index contributed by atoms with van der Waals surface area (Å²) in [5.74, 6) is 2.21. The van der Waals surface area contributed by atoms with Crippen LogP contribution in [0.4, 0.5) is 0 Å². The van der Waals surface area contributed by atoms with Gasteiger partial charge in [-0.15, -0.1) is 0 Å². The second-order valence-electron chi connectivity index (χ2n) is 5.96. The Morgan fingerprint density at radius 1 is 0.909 bits per heavy atom. The molecule has 0 heteroatoms. The molecule has 0 aromatic carbocycles. The lowest BCUT2D eigenvalue weighted by Gasteiger charge is -1.90. The van der Waals surface area contributed by atoms with E-state index in [1.165, 1.54) is 0 Å². The second-order valence-corrected chi connectivity index (χ2v) is 5.96. The van der Waals surface area contributed by atoms with Crippen molar-refractivity contribution >= 4 is 0 Å². The van der Waals surface area contributed by atoms with Gasteiger partial charge in [-0.2, -0.15) is 0 Å². The van der Waals surface area contributed by atoms with E-state index in [-0.39, 0.29) is 0 Å². The predicted molar refractivity (Wildman–Crippen MR) is 44.1 cm³/mol. The third kappa shape index (κ3) is 0.331. The van der Waals surface area contributed by atoms with Crippen molar-refractivity contribution in [2.75, 3.05) is 0 Å². The van der Waals surface area contributed by atoms with Gasteiger partial charge >= 0.3 is 0 Å². The molecule has 0 N–H and O–H groups in total. The first-order chi connectivity index (χ1) is 5.17. The Morgan fingerprint density at radius 3 is 1.45 bits per heavy atom. The molecule has 0 aromatic heterocycles. The Morgan fingerprint density at radius 2 is 1.27 bits per heavy atom. The SMILES string of the molecule is CC1CC12CC21CC12CC2C. The highest BCUT2D eigenvalue weighted by Crippen LogP contribution is 3.03. The quantitative estimate of drug-likeness (QED) is 0.495. The van der Waals surface area contributed by atoms with E-state index in [4.69, 9.17) is 0 Å². The first-order valence-corrected chi connectivity index (χ1v) is 5.17. The summed E-state index contributed by atoms with van der Waals surface area (Å²) in [6.07, 6.45) is 6.43. The van der Waals surface area contributed by atoms with Crippen LogP contribution in [0.15, 0.2) is 0 Å². The fourth-order valence-corrected chi connectivity index (χ4v) is 4.70. The molecule has 4 aliphatic carbocycles. The molecule has 0 saturated heterocycles. The zero-order valence-electron chi connectivity index (χ0n) is 7.48. The zero-order valence-corrected chi connectivity index (χ0v) is 7.48. The van der Waals surface area contributed by atoms with Gasteiger partial charge in [0.15, 0.2) is 0 Å². The van der Waals surface area contributed by atoms with Crippen molar-refractivity contribution in [3.63, 3.8) is 0 Å². The van der Waals surface area contributed by atoms with Gasteiger partial charge in [0.2, 0.25) is 0 Å². The molecule has 4 fully saturated rings. The van der Waals surface area contributed by atoms with Crippen LogP contribution < -0.4 is 0 Å². The van der Waals surface area contributed by atoms with Crippen molar-refractivity contribution in [3.8, 4) is 0 Å². The summed E-state index contributed by atoms with van der Waals surface area (Å²) < 4.78 is 0. The van der Waals surface area contributed by atoms with Gasteiger partial charge in [0.25, 0.3) is 0 Å². The molecule has 11 heavy (non-hydrogen) atoms. The Hall–Kier alpha value is 0. The fraction of sp³-hybridized carbons (Fsp3) is 1.00. The van der Waals surface area contributed by atoms with Crippen molar-refractivity contribution in [3.05, 3.63) is 0 Å². The molecule has 3 spiro atoms. The van der Waals surface area contributed by atoms with Gasteiger partial charge < -0.3 is 0 Å². The monoisotopic (exact) mass is 148 g/mol. The van der Waals surface area contributed by atoms with Crippen LogP contribution in [0.25, 0.3) is 0 Å². The van der Waals surface area contributed by atoms with E-state index in [1.54, 1.807) is 25.7 Å². The Balaban J connectivity index is 1.72. The molecule has 0 bridgehead atoms. The van der Waals surface area contributed by atoms with E-state index < -0.39 is 0 Å². The third-order valence-corrected chi connectivity index (χ3v) is 5.80. The molecule has 4 rings (SSSR count). The van der Waals surface area contributed by atoms with Gasteiger partial charge in [0.05, 0.1) is 0 Å². The molecule has 0 aromatic rings. The van der Waals surface area contributed by atoms with E-state index in [0.717, 1.165) is 28.1 Å². The average Bonchev–Trinajstić information content (AvgIpc) is 2.77. The Bertz CT molecular complexity index is 239. The van der Waals surface area contributed by atoms with Crippen LogP contribution in [0.5, 0.6) is 0 Å². The highest BCUT2D eigenvalue weighted by atomic mass is 15.0. The summed E-state index contributed by atoms with van der Waals surface area (Å²) in [7, 11) is 0. The normalized spacial score (nSPS) is 81.3. The van der Waals surface area contributed by atoms with Crippen molar-refractivity contribution < 1.29 is 0 Å². The van der Waals surface area contributed by atoms with Crippen molar-refractivity contribution in [1.29, 1.82) is 0 Å². The summed E-state index contributed by atoms with van der Waals surface area (Å²) in [6, 6.07) is 0. The highest BCUT2D eigenvalue weighted by Gasteiger charge is 2.96. The maximum atomic E-state index is 2.47. The summed E-state index contributed by atoms with van der Waals surface area (Å²) in [5.41, 5.74) is 2.84. The molecule has 4 saturated carbocycles. The fourth-order valence-electron chi connectivity index (χ4n) is 4.70. The minimum atomic E-state index is 0.942. The first-order valence-electron chi connectivity index (χ1n) is 5.17. The van der Waals surface area contributed by atoms with Crippen molar-refractivity contribution in [2.24, 2.45) is 28.1 Å². The van der Waals surface area contributed by atoms with Crippen LogP contribution in [0, 0.1) is 28.1 Å². The lowest BCUT2D eigenvalue weighted by molar-refractivity contribution is 0.564. The number of hydrogen-bond donors (Lipinski definition) is 0. The van der Waals surface area contributed by atoms with Gasteiger partial charge in [-0.1, -0.05) is 13.8 Å². The maximum absolute atomic E-state index is 2.47. The van der Waals surface area contributed by atoms with E-state index >= 15 is 0 Å². The summed E-state index contributed by atoms with van der Waals surface area (Å²) >= 11 is 0. The molecule has 60 valence electrons. The topological polar surface area (TPSA) is 0 Å². The molecular formula is C11H16. The molecule has 4 aliphatic rings. The van der Waals surface area contributed by atoms with E-state index in [2.05, 4.69) is 13.8 Å². The molecule has 0 nitrogen and oxygen atoms in total. The molecule has 0 amide bonds. The van der Waals surface area contributed by atoms with Crippen molar-refractivity contribution in [1.82, 2.24) is 0 Å². The molecule has 4 atom stereocenters. The number of hydrogen-bond acceptors (Lipinski definition) is 0. The predicted octanol–water partition coefficient (Wildman–Crippen LogP) is 2.83. The first kappa shape index (κ1) is 5.61.